The minimum Gasteiger partial charge on any atom is -0.354 e. The van der Waals surface area contributed by atoms with E-state index < -0.39 is 24.0 Å². The summed E-state index contributed by atoms with van der Waals surface area (Å²) in [5.41, 5.74) is 5.97. The third-order valence-corrected chi connectivity index (χ3v) is 2.28. The number of methoxy groups -OCH3 is 2. The number of hydrogen-bond acceptors (Lipinski definition) is 3. The molecule has 1 aromatic carbocycles. The van der Waals surface area contributed by atoms with Crippen molar-refractivity contribution in [3.05, 3.63) is 35.4 Å². The summed E-state index contributed by atoms with van der Waals surface area (Å²) < 4.78 is 36.1. The van der Waals surface area contributed by atoms with E-state index in [1.165, 1.54) is 14.2 Å². The highest BCUT2D eigenvalue weighted by Gasteiger charge is 2.18. The molecular formula is C11H15F2NO2. The second kappa shape index (κ2) is 5.89. The molecule has 0 aliphatic rings. The van der Waals surface area contributed by atoms with Gasteiger partial charge in [-0.3, -0.25) is 0 Å². The van der Waals surface area contributed by atoms with Gasteiger partial charge in [0, 0.05) is 14.2 Å². The molecule has 0 saturated carbocycles. The molecule has 0 spiro atoms. The summed E-state index contributed by atoms with van der Waals surface area (Å²) in [4.78, 5) is 0. The molecule has 0 aliphatic heterocycles. The molecule has 0 heterocycles. The molecule has 2 N–H and O–H groups in total. The average Bonchev–Trinajstić information content (AvgIpc) is 2.25. The first-order valence-electron chi connectivity index (χ1n) is 4.83. The van der Waals surface area contributed by atoms with E-state index in [0.29, 0.717) is 0 Å². The van der Waals surface area contributed by atoms with Crippen molar-refractivity contribution < 1.29 is 18.3 Å². The second-order valence-electron chi connectivity index (χ2n) is 3.44. The standard InChI is InChI=1S/C11H15F2NO2/c1-15-11(16-2)10(14)6-7-5-8(12)3-4-9(7)13/h3-5,10-11H,6,14H2,1-2H3. The summed E-state index contributed by atoms with van der Waals surface area (Å²) in [6, 6.07) is 2.71. The lowest BCUT2D eigenvalue weighted by Gasteiger charge is -2.21. The van der Waals surface area contributed by atoms with E-state index in [2.05, 4.69) is 0 Å². The molecule has 0 radical (unpaired) electrons. The molecule has 0 bridgehead atoms. The number of ether oxygens (including phenoxy) is 2. The molecule has 16 heavy (non-hydrogen) atoms. The van der Waals surface area contributed by atoms with E-state index in [-0.39, 0.29) is 12.0 Å². The molecular weight excluding hydrogens is 216 g/mol. The molecule has 0 aliphatic carbocycles. The van der Waals surface area contributed by atoms with E-state index in [9.17, 15) is 8.78 Å². The SMILES string of the molecule is COC(OC)C(N)Cc1cc(F)ccc1F. The van der Waals surface area contributed by atoms with Crippen molar-refractivity contribution in [1.82, 2.24) is 0 Å². The van der Waals surface area contributed by atoms with Crippen molar-refractivity contribution in [2.75, 3.05) is 14.2 Å². The summed E-state index contributed by atoms with van der Waals surface area (Å²) in [6.07, 6.45) is -0.488. The van der Waals surface area contributed by atoms with Crippen LogP contribution in [0.1, 0.15) is 5.56 Å². The van der Waals surface area contributed by atoms with Gasteiger partial charge in [0.05, 0.1) is 6.04 Å². The molecule has 0 aromatic heterocycles. The van der Waals surface area contributed by atoms with Crippen molar-refractivity contribution >= 4 is 0 Å². The monoisotopic (exact) mass is 231 g/mol. The van der Waals surface area contributed by atoms with Crippen molar-refractivity contribution in [2.45, 2.75) is 18.8 Å². The summed E-state index contributed by atoms with van der Waals surface area (Å²) in [5.74, 6) is -0.974. The first-order chi connectivity index (χ1) is 7.58. The van der Waals surface area contributed by atoms with Gasteiger partial charge in [-0.25, -0.2) is 8.78 Å². The highest BCUT2D eigenvalue weighted by molar-refractivity contribution is 5.19. The highest BCUT2D eigenvalue weighted by atomic mass is 19.1. The first kappa shape index (κ1) is 13.0. The van der Waals surface area contributed by atoms with Crippen LogP contribution in [-0.2, 0) is 15.9 Å². The van der Waals surface area contributed by atoms with Crippen molar-refractivity contribution in [2.24, 2.45) is 5.73 Å². The summed E-state index contributed by atoms with van der Waals surface area (Å²) in [7, 11) is 2.88. The second-order valence-corrected chi connectivity index (χ2v) is 3.44. The lowest BCUT2D eigenvalue weighted by molar-refractivity contribution is -0.116. The molecule has 1 aromatic rings. The molecule has 1 rings (SSSR count). The topological polar surface area (TPSA) is 44.5 Å². The highest BCUT2D eigenvalue weighted by Crippen LogP contribution is 2.13. The zero-order valence-electron chi connectivity index (χ0n) is 9.24. The minimum atomic E-state index is -0.636. The Morgan fingerprint density at radius 1 is 1.25 bits per heavy atom. The van der Waals surface area contributed by atoms with Crippen molar-refractivity contribution in [1.29, 1.82) is 0 Å². The van der Waals surface area contributed by atoms with E-state index >= 15 is 0 Å². The van der Waals surface area contributed by atoms with Crippen LogP contribution in [0.25, 0.3) is 0 Å². The van der Waals surface area contributed by atoms with Crippen molar-refractivity contribution in [3.63, 3.8) is 0 Å². The summed E-state index contributed by atoms with van der Waals surface area (Å²) >= 11 is 0. The van der Waals surface area contributed by atoms with Crippen LogP contribution in [0.4, 0.5) is 8.78 Å². The minimum absolute atomic E-state index is 0.149. The van der Waals surface area contributed by atoms with E-state index in [4.69, 9.17) is 15.2 Å². The zero-order chi connectivity index (χ0) is 12.1. The molecule has 90 valence electrons. The molecule has 1 unspecified atom stereocenters. The van der Waals surface area contributed by atoms with Gasteiger partial charge >= 0.3 is 0 Å². The maximum atomic E-state index is 13.3. The van der Waals surface area contributed by atoms with E-state index in [0.717, 1.165) is 18.2 Å². The lowest BCUT2D eigenvalue weighted by Crippen LogP contribution is -2.39. The number of nitrogens with two attached hydrogens (primary N) is 1. The summed E-state index contributed by atoms with van der Waals surface area (Å²) in [6.45, 7) is 0. The smallest absolute Gasteiger partial charge is 0.172 e. The fraction of sp³-hybridized carbons (Fsp3) is 0.455. The first-order valence-corrected chi connectivity index (χ1v) is 4.83. The third kappa shape index (κ3) is 3.23. The van der Waals surface area contributed by atoms with Gasteiger partial charge < -0.3 is 15.2 Å². The normalized spacial score (nSPS) is 13.1. The molecule has 0 saturated heterocycles. The van der Waals surface area contributed by atoms with Crippen LogP contribution in [0.3, 0.4) is 0 Å². The Morgan fingerprint density at radius 3 is 2.44 bits per heavy atom. The van der Waals surface area contributed by atoms with Gasteiger partial charge in [0.1, 0.15) is 11.6 Å². The van der Waals surface area contributed by atoms with Gasteiger partial charge in [0.2, 0.25) is 0 Å². The lowest BCUT2D eigenvalue weighted by atomic mass is 10.1. The Hall–Kier alpha value is -1.04. The van der Waals surface area contributed by atoms with Gasteiger partial charge in [-0.15, -0.1) is 0 Å². The summed E-state index contributed by atoms with van der Waals surface area (Å²) in [5, 5.41) is 0. The molecule has 1 atom stereocenters. The predicted molar refractivity (Wildman–Crippen MR) is 55.8 cm³/mol. The Labute approximate surface area is 93.2 Å². The van der Waals surface area contributed by atoms with Gasteiger partial charge in [-0.05, 0) is 30.2 Å². The maximum absolute atomic E-state index is 13.3. The number of halogens is 2. The van der Waals surface area contributed by atoms with Gasteiger partial charge in [0.15, 0.2) is 6.29 Å². The largest absolute Gasteiger partial charge is 0.354 e. The van der Waals surface area contributed by atoms with Crippen LogP contribution in [0.5, 0.6) is 0 Å². The molecule has 5 heteroatoms. The Morgan fingerprint density at radius 2 is 1.88 bits per heavy atom. The number of rotatable bonds is 5. The molecule has 0 amide bonds. The Balaban J connectivity index is 2.75. The fourth-order valence-corrected chi connectivity index (χ4v) is 1.50. The van der Waals surface area contributed by atoms with Crippen LogP contribution >= 0.6 is 0 Å². The van der Waals surface area contributed by atoms with Gasteiger partial charge in [0.25, 0.3) is 0 Å². The third-order valence-electron chi connectivity index (χ3n) is 2.28. The van der Waals surface area contributed by atoms with Crippen LogP contribution in [0, 0.1) is 11.6 Å². The van der Waals surface area contributed by atoms with E-state index in [1.54, 1.807) is 0 Å². The molecule has 3 nitrogen and oxygen atoms in total. The van der Waals surface area contributed by atoms with Gasteiger partial charge in [-0.2, -0.15) is 0 Å². The Bertz CT molecular complexity index is 343. The van der Waals surface area contributed by atoms with Crippen LogP contribution < -0.4 is 5.73 Å². The predicted octanol–water partition coefficient (Wildman–Crippen LogP) is 1.45. The maximum Gasteiger partial charge on any atom is 0.172 e. The quantitative estimate of drug-likeness (QED) is 0.780. The number of hydrogen-bond donors (Lipinski definition) is 1. The van der Waals surface area contributed by atoms with E-state index in [1.807, 2.05) is 0 Å². The molecule has 0 fully saturated rings. The van der Waals surface area contributed by atoms with Crippen LogP contribution in [-0.4, -0.2) is 26.6 Å². The zero-order valence-corrected chi connectivity index (χ0v) is 9.24. The van der Waals surface area contributed by atoms with Crippen molar-refractivity contribution in [3.8, 4) is 0 Å². The average molecular weight is 231 g/mol. The van der Waals surface area contributed by atoms with Crippen LogP contribution in [0.15, 0.2) is 18.2 Å². The fourth-order valence-electron chi connectivity index (χ4n) is 1.50. The van der Waals surface area contributed by atoms with Crippen LogP contribution in [0.2, 0.25) is 0 Å². The van der Waals surface area contributed by atoms with Gasteiger partial charge in [-0.1, -0.05) is 0 Å². The Kier molecular flexibility index (Phi) is 4.79. The number of benzene rings is 1.